The van der Waals surface area contributed by atoms with E-state index < -0.39 is 0 Å². The zero-order valence-electron chi connectivity index (χ0n) is 10.8. The van der Waals surface area contributed by atoms with Gasteiger partial charge >= 0.3 is 0 Å². The highest BCUT2D eigenvalue weighted by atomic mass is 16.1. The van der Waals surface area contributed by atoms with Crippen molar-refractivity contribution in [1.82, 2.24) is 5.32 Å². The molecule has 0 fully saturated rings. The molecule has 0 spiro atoms. The van der Waals surface area contributed by atoms with Crippen LogP contribution in [0.3, 0.4) is 0 Å². The maximum atomic E-state index is 12.0. The minimum atomic E-state index is -0.0927. The summed E-state index contributed by atoms with van der Waals surface area (Å²) < 4.78 is 0. The van der Waals surface area contributed by atoms with E-state index in [2.05, 4.69) is 5.32 Å². The van der Waals surface area contributed by atoms with Crippen molar-refractivity contribution in [3.8, 4) is 0 Å². The molecule has 1 rings (SSSR count). The third kappa shape index (κ3) is 3.86. The van der Waals surface area contributed by atoms with Gasteiger partial charge in [-0.05, 0) is 11.5 Å². The Kier molecular flexibility index (Phi) is 5.16. The summed E-state index contributed by atoms with van der Waals surface area (Å²) in [6, 6.07) is 9.74. The van der Waals surface area contributed by atoms with Crippen LogP contribution in [0.1, 0.15) is 32.4 Å². The molecule has 0 aliphatic carbocycles. The minimum absolute atomic E-state index is 0.00719. The van der Waals surface area contributed by atoms with E-state index in [0.29, 0.717) is 12.5 Å². The number of hydrogen-bond donors (Lipinski definition) is 2. The number of benzene rings is 1. The number of carbonyl (C=O) groups excluding carboxylic acids is 1. The van der Waals surface area contributed by atoms with Gasteiger partial charge in [0.15, 0.2) is 0 Å². The summed E-state index contributed by atoms with van der Waals surface area (Å²) >= 11 is 0. The Bertz CT molecular complexity index is 348. The maximum Gasteiger partial charge on any atom is 0.223 e. The molecule has 17 heavy (non-hydrogen) atoms. The summed E-state index contributed by atoms with van der Waals surface area (Å²) in [5.41, 5.74) is 6.77. The largest absolute Gasteiger partial charge is 0.348 e. The Morgan fingerprint density at radius 1 is 1.24 bits per heavy atom. The quantitative estimate of drug-likeness (QED) is 0.819. The molecule has 1 amide bonds. The average Bonchev–Trinajstić information content (AvgIpc) is 2.35. The second-order valence-electron chi connectivity index (χ2n) is 4.74. The number of amides is 1. The van der Waals surface area contributed by atoms with Gasteiger partial charge in [0.2, 0.25) is 5.91 Å². The average molecular weight is 234 g/mol. The monoisotopic (exact) mass is 234 g/mol. The molecule has 2 unspecified atom stereocenters. The van der Waals surface area contributed by atoms with E-state index in [1.165, 1.54) is 0 Å². The number of hydrogen-bond acceptors (Lipinski definition) is 2. The van der Waals surface area contributed by atoms with Gasteiger partial charge in [-0.25, -0.2) is 0 Å². The third-order valence-corrected chi connectivity index (χ3v) is 3.17. The minimum Gasteiger partial charge on any atom is -0.348 e. The summed E-state index contributed by atoms with van der Waals surface area (Å²) in [4.78, 5) is 12.0. The Labute approximate surface area is 103 Å². The lowest BCUT2D eigenvalue weighted by atomic mass is 9.96. The van der Waals surface area contributed by atoms with Gasteiger partial charge in [0, 0.05) is 12.5 Å². The fourth-order valence-electron chi connectivity index (χ4n) is 1.57. The van der Waals surface area contributed by atoms with Crippen LogP contribution < -0.4 is 11.1 Å². The van der Waals surface area contributed by atoms with Gasteiger partial charge in [-0.3, -0.25) is 4.79 Å². The maximum absolute atomic E-state index is 12.0. The van der Waals surface area contributed by atoms with Gasteiger partial charge < -0.3 is 11.1 Å². The van der Waals surface area contributed by atoms with E-state index in [4.69, 9.17) is 5.73 Å². The first-order valence-electron chi connectivity index (χ1n) is 6.11. The Hall–Kier alpha value is -1.35. The summed E-state index contributed by atoms with van der Waals surface area (Å²) in [5.74, 6) is 0.413. The van der Waals surface area contributed by atoms with Gasteiger partial charge in [0.1, 0.15) is 0 Å². The van der Waals surface area contributed by atoms with E-state index in [0.717, 1.165) is 5.56 Å². The van der Waals surface area contributed by atoms with Crippen LogP contribution in [0.2, 0.25) is 0 Å². The highest BCUT2D eigenvalue weighted by Crippen LogP contribution is 2.14. The lowest BCUT2D eigenvalue weighted by Crippen LogP contribution is -2.38. The zero-order chi connectivity index (χ0) is 12.8. The first-order valence-corrected chi connectivity index (χ1v) is 6.11. The number of rotatable bonds is 5. The van der Waals surface area contributed by atoms with Gasteiger partial charge in [-0.15, -0.1) is 0 Å². The summed E-state index contributed by atoms with van der Waals surface area (Å²) in [6.45, 7) is 6.45. The van der Waals surface area contributed by atoms with Gasteiger partial charge in [0.25, 0.3) is 0 Å². The molecule has 0 aromatic heterocycles. The Morgan fingerprint density at radius 3 is 2.29 bits per heavy atom. The molecule has 1 aromatic rings. The smallest absolute Gasteiger partial charge is 0.223 e. The van der Waals surface area contributed by atoms with Crippen molar-refractivity contribution in [2.24, 2.45) is 17.6 Å². The molecular formula is C14H22N2O. The highest BCUT2D eigenvalue weighted by molar-refractivity contribution is 5.79. The van der Waals surface area contributed by atoms with Crippen LogP contribution in [0.25, 0.3) is 0 Å². The number of carbonyl (C=O) groups is 1. The molecule has 1 aromatic carbocycles. The molecular weight excluding hydrogens is 212 g/mol. The fraction of sp³-hybridized carbons (Fsp3) is 0.500. The topological polar surface area (TPSA) is 55.1 Å². The molecule has 0 saturated carbocycles. The van der Waals surface area contributed by atoms with Gasteiger partial charge in [-0.1, -0.05) is 51.1 Å². The molecule has 0 aliphatic heterocycles. The Morgan fingerprint density at radius 2 is 1.82 bits per heavy atom. The molecule has 2 atom stereocenters. The number of nitrogens with two attached hydrogens (primary N) is 1. The predicted octanol–water partition coefficient (Wildman–Crippen LogP) is 2.09. The summed E-state index contributed by atoms with van der Waals surface area (Å²) in [6.07, 6.45) is 0. The number of nitrogens with one attached hydrogen (secondary N) is 1. The van der Waals surface area contributed by atoms with Crippen molar-refractivity contribution >= 4 is 5.91 Å². The van der Waals surface area contributed by atoms with Crippen LogP contribution in [-0.4, -0.2) is 12.5 Å². The first kappa shape index (κ1) is 13.7. The molecule has 94 valence electrons. The second-order valence-corrected chi connectivity index (χ2v) is 4.74. The van der Waals surface area contributed by atoms with E-state index in [1.54, 1.807) is 0 Å². The second kappa shape index (κ2) is 6.40. The van der Waals surface area contributed by atoms with Crippen molar-refractivity contribution in [3.05, 3.63) is 35.9 Å². The highest BCUT2D eigenvalue weighted by Gasteiger charge is 2.20. The van der Waals surface area contributed by atoms with Crippen molar-refractivity contribution < 1.29 is 4.79 Å². The van der Waals surface area contributed by atoms with Crippen LogP contribution >= 0.6 is 0 Å². The van der Waals surface area contributed by atoms with Gasteiger partial charge in [0.05, 0.1) is 6.04 Å². The first-order chi connectivity index (χ1) is 8.06. The van der Waals surface area contributed by atoms with Crippen LogP contribution in [0.4, 0.5) is 0 Å². The van der Waals surface area contributed by atoms with Crippen molar-refractivity contribution in [2.75, 3.05) is 6.54 Å². The van der Waals surface area contributed by atoms with Crippen molar-refractivity contribution in [3.63, 3.8) is 0 Å². The summed E-state index contributed by atoms with van der Waals surface area (Å²) in [5, 5.41) is 3.00. The summed E-state index contributed by atoms with van der Waals surface area (Å²) in [7, 11) is 0. The Balaban J connectivity index is 2.68. The zero-order valence-corrected chi connectivity index (χ0v) is 10.8. The van der Waals surface area contributed by atoms with E-state index in [-0.39, 0.29) is 17.9 Å². The van der Waals surface area contributed by atoms with Crippen LogP contribution in [-0.2, 0) is 4.79 Å². The van der Waals surface area contributed by atoms with Gasteiger partial charge in [-0.2, -0.15) is 0 Å². The van der Waals surface area contributed by atoms with Crippen LogP contribution in [0.15, 0.2) is 30.3 Å². The van der Waals surface area contributed by atoms with Crippen LogP contribution in [0.5, 0.6) is 0 Å². The third-order valence-electron chi connectivity index (χ3n) is 3.17. The lowest BCUT2D eigenvalue weighted by Gasteiger charge is -2.21. The van der Waals surface area contributed by atoms with E-state index >= 15 is 0 Å². The van der Waals surface area contributed by atoms with E-state index in [1.807, 2.05) is 51.1 Å². The molecule has 0 radical (unpaired) electrons. The molecule has 0 heterocycles. The molecule has 3 heteroatoms. The molecule has 0 aliphatic rings. The SMILES string of the molecule is CC(C)C(C)C(=O)NC(CN)c1ccccc1. The van der Waals surface area contributed by atoms with Crippen molar-refractivity contribution in [2.45, 2.75) is 26.8 Å². The molecule has 0 saturated heterocycles. The van der Waals surface area contributed by atoms with Crippen LogP contribution in [0, 0.1) is 11.8 Å². The van der Waals surface area contributed by atoms with Crippen molar-refractivity contribution in [1.29, 1.82) is 0 Å². The molecule has 3 N–H and O–H groups in total. The van der Waals surface area contributed by atoms with E-state index in [9.17, 15) is 4.79 Å². The lowest BCUT2D eigenvalue weighted by molar-refractivity contribution is -0.126. The molecule has 0 bridgehead atoms. The predicted molar refractivity (Wildman–Crippen MR) is 70.4 cm³/mol. The molecule has 3 nitrogen and oxygen atoms in total. The fourth-order valence-corrected chi connectivity index (χ4v) is 1.57. The standard InChI is InChI=1S/C14H22N2O/c1-10(2)11(3)14(17)16-13(9-15)12-7-5-4-6-8-12/h4-8,10-11,13H,9,15H2,1-3H3,(H,16,17). The normalized spacial score (nSPS) is 14.4.